The molecule has 1 aliphatic rings. The molecule has 1 aliphatic heterocycles. The van der Waals surface area contributed by atoms with Crippen LogP contribution in [0.3, 0.4) is 0 Å². The number of phenols is 1. The molecule has 0 bridgehead atoms. The topological polar surface area (TPSA) is 117 Å². The van der Waals surface area contributed by atoms with Crippen LogP contribution < -0.4 is 10.6 Å². The third-order valence-electron chi connectivity index (χ3n) is 4.30. The fraction of sp³-hybridized carbons (Fsp3) is 0.550. The molecule has 2 amide bonds. The molecule has 8 heteroatoms. The normalized spacial score (nSPS) is 19.0. The number of esters is 1. The van der Waals surface area contributed by atoms with E-state index < -0.39 is 30.1 Å². The SMILES string of the molecule is CCOC(=O)[C@@H]1O[C@H]1C(=O)N[C@@H](Cc1ccc(O)cc1)C(=O)NCCC(C)C. The predicted octanol–water partition coefficient (Wildman–Crippen LogP) is 0.912. The van der Waals surface area contributed by atoms with E-state index in [0.29, 0.717) is 12.5 Å². The summed E-state index contributed by atoms with van der Waals surface area (Å²) >= 11 is 0. The minimum Gasteiger partial charge on any atom is -0.508 e. The summed E-state index contributed by atoms with van der Waals surface area (Å²) in [5.41, 5.74) is 0.778. The minimum atomic E-state index is -0.940. The molecule has 1 saturated heterocycles. The maximum absolute atomic E-state index is 12.6. The van der Waals surface area contributed by atoms with Gasteiger partial charge in [-0.2, -0.15) is 0 Å². The van der Waals surface area contributed by atoms with Crippen molar-refractivity contribution in [2.24, 2.45) is 5.92 Å². The van der Waals surface area contributed by atoms with Crippen LogP contribution in [-0.4, -0.2) is 54.3 Å². The third kappa shape index (κ3) is 6.53. The van der Waals surface area contributed by atoms with Crippen molar-refractivity contribution in [3.05, 3.63) is 29.8 Å². The smallest absolute Gasteiger partial charge is 0.338 e. The first-order chi connectivity index (χ1) is 13.3. The zero-order valence-corrected chi connectivity index (χ0v) is 16.4. The molecule has 0 spiro atoms. The first-order valence-corrected chi connectivity index (χ1v) is 9.49. The Morgan fingerprint density at radius 2 is 1.86 bits per heavy atom. The Kier molecular flexibility index (Phi) is 7.80. The number of carbonyl (C=O) groups is 3. The number of ether oxygens (including phenoxy) is 2. The molecule has 3 N–H and O–H groups in total. The predicted molar refractivity (Wildman–Crippen MR) is 102 cm³/mol. The van der Waals surface area contributed by atoms with Gasteiger partial charge in [0.05, 0.1) is 6.61 Å². The molecule has 0 aliphatic carbocycles. The summed E-state index contributed by atoms with van der Waals surface area (Å²) in [5, 5.41) is 14.9. The second-order valence-corrected chi connectivity index (χ2v) is 7.13. The van der Waals surface area contributed by atoms with Crippen LogP contribution >= 0.6 is 0 Å². The van der Waals surface area contributed by atoms with Crippen molar-refractivity contribution in [1.82, 2.24) is 10.6 Å². The zero-order chi connectivity index (χ0) is 20.7. The summed E-state index contributed by atoms with van der Waals surface area (Å²) in [7, 11) is 0. The molecular weight excluding hydrogens is 364 g/mol. The maximum atomic E-state index is 12.6. The highest BCUT2D eigenvalue weighted by Gasteiger charge is 2.52. The Hall–Kier alpha value is -2.61. The fourth-order valence-corrected chi connectivity index (χ4v) is 2.65. The average molecular weight is 392 g/mol. The summed E-state index contributed by atoms with van der Waals surface area (Å²) in [4.78, 5) is 36.6. The molecule has 1 fully saturated rings. The van der Waals surface area contributed by atoms with Gasteiger partial charge in [-0.05, 0) is 37.0 Å². The van der Waals surface area contributed by atoms with Crippen LogP contribution in [0.4, 0.5) is 0 Å². The number of epoxide rings is 1. The number of aromatic hydroxyl groups is 1. The Morgan fingerprint density at radius 3 is 2.46 bits per heavy atom. The molecule has 0 radical (unpaired) electrons. The molecule has 0 saturated carbocycles. The number of phenolic OH excluding ortho intramolecular Hbond substituents is 1. The van der Waals surface area contributed by atoms with Gasteiger partial charge in [0.2, 0.25) is 5.91 Å². The highest BCUT2D eigenvalue weighted by molar-refractivity contribution is 5.95. The second kappa shape index (κ2) is 10.1. The van der Waals surface area contributed by atoms with Gasteiger partial charge in [-0.3, -0.25) is 9.59 Å². The summed E-state index contributed by atoms with van der Waals surface area (Å²) in [6.07, 6.45) is -0.790. The van der Waals surface area contributed by atoms with Crippen molar-refractivity contribution >= 4 is 17.8 Å². The lowest BCUT2D eigenvalue weighted by molar-refractivity contribution is -0.144. The van der Waals surface area contributed by atoms with E-state index >= 15 is 0 Å². The van der Waals surface area contributed by atoms with E-state index in [1.54, 1.807) is 19.1 Å². The molecule has 1 aromatic carbocycles. The molecular formula is C20H28N2O6. The summed E-state index contributed by atoms with van der Waals surface area (Å²) < 4.78 is 9.94. The largest absolute Gasteiger partial charge is 0.508 e. The lowest BCUT2D eigenvalue weighted by atomic mass is 10.0. The monoisotopic (exact) mass is 392 g/mol. The Balaban J connectivity index is 1.99. The highest BCUT2D eigenvalue weighted by atomic mass is 16.6. The summed E-state index contributed by atoms with van der Waals surface area (Å²) in [6.45, 7) is 6.49. The molecule has 1 aromatic rings. The summed E-state index contributed by atoms with van der Waals surface area (Å²) in [5.74, 6) is -0.861. The number of nitrogens with one attached hydrogen (secondary N) is 2. The van der Waals surface area contributed by atoms with Crippen LogP contribution in [0.15, 0.2) is 24.3 Å². The molecule has 28 heavy (non-hydrogen) atoms. The Morgan fingerprint density at radius 1 is 1.18 bits per heavy atom. The van der Waals surface area contributed by atoms with Crippen LogP contribution in [0, 0.1) is 5.92 Å². The van der Waals surface area contributed by atoms with Gasteiger partial charge >= 0.3 is 5.97 Å². The maximum Gasteiger partial charge on any atom is 0.338 e. The average Bonchev–Trinajstić information content (AvgIpc) is 3.44. The van der Waals surface area contributed by atoms with Gasteiger partial charge in [0, 0.05) is 13.0 Å². The van der Waals surface area contributed by atoms with Gasteiger partial charge in [0.15, 0.2) is 12.2 Å². The van der Waals surface area contributed by atoms with Gasteiger partial charge < -0.3 is 25.2 Å². The lowest BCUT2D eigenvalue weighted by Crippen LogP contribution is -2.50. The van der Waals surface area contributed by atoms with Crippen LogP contribution in [0.1, 0.15) is 32.8 Å². The van der Waals surface area contributed by atoms with Crippen molar-refractivity contribution in [3.8, 4) is 5.75 Å². The Bertz CT molecular complexity index is 688. The fourth-order valence-electron chi connectivity index (χ4n) is 2.65. The van der Waals surface area contributed by atoms with Crippen molar-refractivity contribution in [3.63, 3.8) is 0 Å². The van der Waals surface area contributed by atoms with Crippen molar-refractivity contribution in [1.29, 1.82) is 0 Å². The molecule has 0 aromatic heterocycles. The van der Waals surface area contributed by atoms with Crippen molar-refractivity contribution in [2.75, 3.05) is 13.2 Å². The number of hydrogen-bond acceptors (Lipinski definition) is 6. The number of rotatable bonds is 10. The third-order valence-corrected chi connectivity index (χ3v) is 4.30. The van der Waals surface area contributed by atoms with E-state index in [-0.39, 0.29) is 24.7 Å². The van der Waals surface area contributed by atoms with Crippen molar-refractivity contribution < 1.29 is 29.0 Å². The van der Waals surface area contributed by atoms with E-state index in [2.05, 4.69) is 24.5 Å². The van der Waals surface area contributed by atoms with Gasteiger partial charge in [0.1, 0.15) is 11.8 Å². The summed E-state index contributed by atoms with van der Waals surface area (Å²) in [6, 6.07) is 5.59. The van der Waals surface area contributed by atoms with Crippen LogP contribution in [0.5, 0.6) is 5.75 Å². The van der Waals surface area contributed by atoms with E-state index in [0.717, 1.165) is 12.0 Å². The molecule has 8 nitrogen and oxygen atoms in total. The van der Waals surface area contributed by atoms with E-state index in [9.17, 15) is 19.5 Å². The highest BCUT2D eigenvalue weighted by Crippen LogP contribution is 2.24. The number of benzene rings is 1. The number of hydrogen-bond donors (Lipinski definition) is 3. The van der Waals surface area contributed by atoms with Crippen LogP contribution in [0.2, 0.25) is 0 Å². The molecule has 2 rings (SSSR count). The van der Waals surface area contributed by atoms with Gasteiger partial charge in [-0.25, -0.2) is 4.79 Å². The number of carbonyl (C=O) groups excluding carboxylic acids is 3. The minimum absolute atomic E-state index is 0.120. The molecule has 3 atom stereocenters. The molecule has 1 heterocycles. The second-order valence-electron chi connectivity index (χ2n) is 7.13. The van der Waals surface area contributed by atoms with Crippen LogP contribution in [0.25, 0.3) is 0 Å². The standard InChI is InChI=1S/C20H28N2O6/c1-4-27-20(26)17-16(28-17)19(25)22-15(18(24)21-10-9-12(2)3)11-13-5-7-14(23)8-6-13/h5-8,12,15-17,23H,4,9-11H2,1-3H3,(H,21,24)(H,22,25)/t15-,16+,17+/m0/s1. The zero-order valence-electron chi connectivity index (χ0n) is 16.4. The van der Waals surface area contributed by atoms with E-state index in [4.69, 9.17) is 9.47 Å². The quantitative estimate of drug-likeness (QED) is 0.403. The number of amides is 2. The van der Waals surface area contributed by atoms with Crippen molar-refractivity contribution in [2.45, 2.75) is 51.9 Å². The molecule has 154 valence electrons. The van der Waals surface area contributed by atoms with Crippen LogP contribution in [-0.2, 0) is 30.3 Å². The van der Waals surface area contributed by atoms with E-state index in [1.165, 1.54) is 12.1 Å². The van der Waals surface area contributed by atoms with Gasteiger partial charge in [-0.15, -0.1) is 0 Å². The lowest BCUT2D eigenvalue weighted by Gasteiger charge is -2.19. The molecule has 0 unspecified atom stereocenters. The first-order valence-electron chi connectivity index (χ1n) is 9.49. The first kappa shape index (κ1) is 21.7. The Labute approximate surface area is 164 Å². The van der Waals surface area contributed by atoms with Gasteiger partial charge in [0.25, 0.3) is 5.91 Å². The van der Waals surface area contributed by atoms with E-state index in [1.807, 2.05) is 0 Å². The van der Waals surface area contributed by atoms with Gasteiger partial charge in [-0.1, -0.05) is 26.0 Å².